The van der Waals surface area contributed by atoms with Crippen LogP contribution in [-0.2, 0) is 19.1 Å². The van der Waals surface area contributed by atoms with Crippen molar-refractivity contribution in [3.63, 3.8) is 0 Å². The molecule has 2 saturated carbocycles. The molecule has 0 spiro atoms. The van der Waals surface area contributed by atoms with Crippen LogP contribution in [0, 0.1) is 17.3 Å². The molecule has 2 saturated heterocycles. The van der Waals surface area contributed by atoms with Crippen molar-refractivity contribution in [2.45, 2.75) is 142 Å². The van der Waals surface area contributed by atoms with Gasteiger partial charge in [0, 0.05) is 18.1 Å². The summed E-state index contributed by atoms with van der Waals surface area (Å²) < 4.78 is 11.3. The number of benzene rings is 3. The van der Waals surface area contributed by atoms with Crippen LogP contribution in [0.25, 0.3) is 44.2 Å². The lowest BCUT2D eigenvalue weighted by Crippen LogP contribution is -2.52. The second-order valence-electron chi connectivity index (χ2n) is 22.4. The van der Waals surface area contributed by atoms with Crippen LogP contribution < -0.4 is 10.6 Å². The summed E-state index contributed by atoms with van der Waals surface area (Å²) in [5.74, 6) is 1.03. The van der Waals surface area contributed by atoms with Crippen LogP contribution in [0.4, 0.5) is 9.59 Å². The molecule has 2 aromatic heterocycles. The fourth-order valence-corrected chi connectivity index (χ4v) is 12.7. The highest BCUT2D eigenvalue weighted by atomic mass is 28.3. The number of aromatic nitrogens is 4. The zero-order chi connectivity index (χ0) is 47.1. The standard InChI is InChI=1S/C51H66N8O6Si/c1-29(2)40(56-47(62)64-50(7)19-20-50)45(60)58-27-49(5,6)24-38(58)43-52-25-37(54-43)32-13-11-31(12-14-32)33-15-17-35-34(23-33)16-18-36-42(35)55-44(53-36)39-26-66(9,10)28-59(39)46(61)41(30(3)4)57-48(63)65-51(8)21-22-51/h11-18,23,25,29-30,38-41H,19-22,24,26-28H2,1-10H3,(H,52,54)(H,53,55)(H,56,62)(H,57,63)/t38-,39-,40-,41-/m0/s1. The molecule has 0 bridgehead atoms. The van der Waals surface area contributed by atoms with Crippen LogP contribution in [0.1, 0.15) is 111 Å². The molecule has 4 atom stereocenters. The van der Waals surface area contributed by atoms with Crippen molar-refractivity contribution >= 4 is 53.9 Å². The lowest BCUT2D eigenvalue weighted by atomic mass is 9.90. The molecule has 9 rings (SSSR count). The summed E-state index contributed by atoms with van der Waals surface area (Å²) in [6, 6.07) is 18.0. The van der Waals surface area contributed by atoms with E-state index in [4.69, 9.17) is 19.4 Å². The van der Waals surface area contributed by atoms with Gasteiger partial charge in [0.05, 0.1) is 43.1 Å². The number of carbonyl (C=O) groups excluding carboxylic acids is 4. The Morgan fingerprint density at radius 2 is 1.30 bits per heavy atom. The number of likely N-dealkylation sites (tertiary alicyclic amines) is 1. The lowest BCUT2D eigenvalue weighted by Gasteiger charge is -2.30. The van der Waals surface area contributed by atoms with Gasteiger partial charge in [-0.2, -0.15) is 0 Å². The first-order valence-corrected chi connectivity index (χ1v) is 27.2. The molecule has 0 unspecified atom stereocenters. The number of nitrogens with one attached hydrogen (secondary N) is 4. The van der Waals surface area contributed by atoms with E-state index in [1.807, 2.05) is 57.5 Å². The number of nitrogens with zero attached hydrogens (tertiary/aromatic N) is 4. The molecular weight excluding hydrogens is 849 g/mol. The summed E-state index contributed by atoms with van der Waals surface area (Å²) >= 11 is 0. The quantitative estimate of drug-likeness (QED) is 0.0895. The van der Waals surface area contributed by atoms with Gasteiger partial charge in [-0.3, -0.25) is 9.59 Å². The molecule has 5 aromatic rings. The number of rotatable bonds is 12. The minimum absolute atomic E-state index is 0.0937. The number of hydrogen-bond donors (Lipinski definition) is 4. The lowest BCUT2D eigenvalue weighted by molar-refractivity contribution is -0.136. The van der Waals surface area contributed by atoms with Gasteiger partial charge < -0.3 is 39.9 Å². The van der Waals surface area contributed by atoms with Crippen molar-refractivity contribution in [1.29, 1.82) is 0 Å². The number of hydrogen-bond acceptors (Lipinski definition) is 8. The highest BCUT2D eigenvalue weighted by Crippen LogP contribution is 2.44. The van der Waals surface area contributed by atoms with Crippen LogP contribution in [0.2, 0.25) is 19.1 Å². The van der Waals surface area contributed by atoms with Gasteiger partial charge in [0.25, 0.3) is 0 Å². The fourth-order valence-electron chi connectivity index (χ4n) is 9.85. The molecule has 0 radical (unpaired) electrons. The van der Waals surface area contributed by atoms with Gasteiger partial charge in [0.15, 0.2) is 0 Å². The Morgan fingerprint density at radius 3 is 1.89 bits per heavy atom. The first-order chi connectivity index (χ1) is 31.1. The van der Waals surface area contributed by atoms with E-state index >= 15 is 0 Å². The van der Waals surface area contributed by atoms with E-state index in [1.54, 1.807) is 0 Å². The number of aromatic amines is 2. The fraction of sp³-hybridized carbons (Fsp3) is 0.529. The predicted octanol–water partition coefficient (Wildman–Crippen LogP) is 9.81. The summed E-state index contributed by atoms with van der Waals surface area (Å²) in [6.07, 6.45) is 5.52. The van der Waals surface area contributed by atoms with Crippen molar-refractivity contribution in [1.82, 2.24) is 40.4 Å². The van der Waals surface area contributed by atoms with Gasteiger partial charge in [-0.15, -0.1) is 0 Å². The molecular formula is C51H66N8O6Si. The Hall–Kier alpha value is -5.70. The van der Waals surface area contributed by atoms with E-state index in [-0.39, 0.29) is 41.1 Å². The Labute approximate surface area is 388 Å². The normalized spacial score (nSPS) is 22.1. The van der Waals surface area contributed by atoms with Crippen LogP contribution in [0.5, 0.6) is 0 Å². The first kappa shape index (κ1) is 45.5. The van der Waals surface area contributed by atoms with E-state index < -0.39 is 43.5 Å². The van der Waals surface area contributed by atoms with Gasteiger partial charge in [-0.05, 0) is 103 Å². The van der Waals surface area contributed by atoms with Crippen molar-refractivity contribution in [2.24, 2.45) is 17.3 Å². The number of ether oxygens (including phenoxy) is 2. The third kappa shape index (κ3) is 9.32. The molecule has 350 valence electrons. The summed E-state index contributed by atoms with van der Waals surface area (Å²) in [7, 11) is -1.80. The molecule has 4 heterocycles. The van der Waals surface area contributed by atoms with Crippen LogP contribution in [-0.4, -0.2) is 97.8 Å². The van der Waals surface area contributed by atoms with Crippen molar-refractivity contribution < 1.29 is 28.7 Å². The maximum absolute atomic E-state index is 14.3. The summed E-state index contributed by atoms with van der Waals surface area (Å²) in [6.45, 7) is 21.1. The van der Waals surface area contributed by atoms with E-state index in [2.05, 4.69) is 102 Å². The molecule has 2 aliphatic carbocycles. The second kappa shape index (κ2) is 16.6. The summed E-state index contributed by atoms with van der Waals surface area (Å²) in [5.41, 5.74) is 4.76. The number of H-pyrrole nitrogens is 2. The van der Waals surface area contributed by atoms with E-state index in [0.29, 0.717) is 12.7 Å². The highest BCUT2D eigenvalue weighted by molar-refractivity contribution is 6.78. The predicted molar refractivity (Wildman–Crippen MR) is 258 cm³/mol. The molecule has 4 amide bonds. The SMILES string of the molecule is CC(C)[C@H](NC(=O)OC1(C)CC1)C(=O)N1CC(C)(C)C[C@H]1c1ncc(-c2ccc(-c3ccc4c(ccc5[nH]c([C@@H]6C[Si](C)(C)CN6C(=O)[C@@H](NC(=O)OC6(C)CC6)C(C)C)nc54)c3)cc2)[nH]1. The molecule has 4 aliphatic rings. The topological polar surface area (TPSA) is 175 Å². The second-order valence-corrected chi connectivity index (χ2v) is 27.4. The third-order valence-corrected chi connectivity index (χ3v) is 16.9. The molecule has 15 heteroatoms. The molecule has 66 heavy (non-hydrogen) atoms. The van der Waals surface area contributed by atoms with Crippen molar-refractivity contribution in [2.75, 3.05) is 12.7 Å². The first-order valence-electron chi connectivity index (χ1n) is 23.8. The van der Waals surface area contributed by atoms with Gasteiger partial charge in [0.1, 0.15) is 34.9 Å². The zero-order valence-corrected chi connectivity index (χ0v) is 41.1. The Morgan fingerprint density at radius 1 is 0.727 bits per heavy atom. The highest BCUT2D eigenvalue weighted by Gasteiger charge is 2.48. The van der Waals surface area contributed by atoms with Gasteiger partial charge >= 0.3 is 12.2 Å². The number of fused-ring (bicyclic) bond motifs is 3. The van der Waals surface area contributed by atoms with E-state index in [0.717, 1.165) is 94.0 Å². The van der Waals surface area contributed by atoms with Gasteiger partial charge in [0.2, 0.25) is 11.8 Å². The van der Waals surface area contributed by atoms with E-state index in [9.17, 15) is 19.2 Å². The smallest absolute Gasteiger partial charge is 0.408 e. The zero-order valence-electron chi connectivity index (χ0n) is 40.1. The van der Waals surface area contributed by atoms with Crippen LogP contribution in [0.15, 0.2) is 60.8 Å². The minimum Gasteiger partial charge on any atom is -0.443 e. The number of amides is 4. The van der Waals surface area contributed by atoms with Gasteiger partial charge in [-0.1, -0.05) is 97.1 Å². The molecule has 4 fully saturated rings. The maximum Gasteiger partial charge on any atom is 0.408 e. The molecule has 2 aliphatic heterocycles. The third-order valence-electron chi connectivity index (χ3n) is 14.2. The molecule has 14 nitrogen and oxygen atoms in total. The Bertz CT molecular complexity index is 2700. The number of carbonyl (C=O) groups is 4. The maximum atomic E-state index is 14.3. The van der Waals surface area contributed by atoms with Crippen molar-refractivity contribution in [3.05, 3.63) is 72.4 Å². The number of alkyl carbamates (subject to hydrolysis) is 2. The van der Waals surface area contributed by atoms with E-state index in [1.165, 1.54) is 0 Å². The Kier molecular flexibility index (Phi) is 11.4. The largest absolute Gasteiger partial charge is 0.443 e. The number of imidazole rings is 2. The van der Waals surface area contributed by atoms with Crippen molar-refractivity contribution in [3.8, 4) is 22.4 Å². The summed E-state index contributed by atoms with van der Waals surface area (Å²) in [4.78, 5) is 75.1. The average molecular weight is 915 g/mol. The molecule has 3 aromatic carbocycles. The van der Waals surface area contributed by atoms with Gasteiger partial charge in [-0.25, -0.2) is 19.6 Å². The molecule has 4 N–H and O–H groups in total. The Balaban J connectivity index is 0.908. The minimum atomic E-state index is -1.80. The summed E-state index contributed by atoms with van der Waals surface area (Å²) in [5, 5.41) is 7.87. The average Bonchev–Trinajstić information content (AvgIpc) is 3.82. The monoisotopic (exact) mass is 914 g/mol. The van der Waals surface area contributed by atoms with Crippen LogP contribution in [0.3, 0.4) is 0 Å². The van der Waals surface area contributed by atoms with Crippen LogP contribution >= 0.6 is 0 Å².